The zero-order chi connectivity index (χ0) is 40.7. The number of allylic oxidation sites excluding steroid dienone is 8. The molecule has 0 amide bonds. The van der Waals surface area contributed by atoms with E-state index >= 15 is 0 Å². The number of ether oxygens (including phenoxy) is 2. The molecule has 14 heteroatoms. The quantitative estimate of drug-likeness (QED) is 0.0179. The summed E-state index contributed by atoms with van der Waals surface area (Å²) in [5, 5.41) is 50.0. The topological polar surface area (TPSA) is 210 Å². The van der Waals surface area contributed by atoms with Crippen molar-refractivity contribution in [1.29, 1.82) is 0 Å². The van der Waals surface area contributed by atoms with Crippen LogP contribution in [-0.4, -0.2) is 98.3 Å². The van der Waals surface area contributed by atoms with Gasteiger partial charge in [-0.2, -0.15) is 0 Å². The highest BCUT2D eigenvalue weighted by molar-refractivity contribution is 7.47. The third-order valence-corrected chi connectivity index (χ3v) is 10.1. The molecule has 55 heavy (non-hydrogen) atoms. The molecule has 13 nitrogen and oxygen atoms in total. The molecule has 8 atom stereocenters. The molecule has 318 valence electrons. The summed E-state index contributed by atoms with van der Waals surface area (Å²) in [5.74, 6) is -1.16. The van der Waals surface area contributed by atoms with Crippen LogP contribution < -0.4 is 0 Å². The van der Waals surface area contributed by atoms with E-state index in [0.717, 1.165) is 70.6 Å². The van der Waals surface area contributed by atoms with Crippen LogP contribution in [0.1, 0.15) is 142 Å². The minimum Gasteiger partial charge on any atom is -0.462 e. The number of carbonyl (C=O) groups excluding carboxylic acids is 2. The van der Waals surface area contributed by atoms with Crippen molar-refractivity contribution in [2.75, 3.05) is 13.2 Å². The highest BCUT2D eigenvalue weighted by atomic mass is 31.2. The Kier molecular flexibility index (Phi) is 29.4. The van der Waals surface area contributed by atoms with Crippen molar-refractivity contribution in [2.45, 2.75) is 185 Å². The van der Waals surface area contributed by atoms with Crippen LogP contribution in [0.25, 0.3) is 0 Å². The standard InChI is InChI=1S/C41H71O13P/c1-3-5-7-9-11-13-15-16-17-18-20-22-24-26-28-30-35(43)53-33(31-51-34(42)29-27-25-23-21-19-14-12-10-8-6-4-2)32-52-55(49,50)54-41-39(47)37(45)36(44)38(46)40(41)48/h10-13,16-17,20,22,33,36-41,44-48H,3-9,14-15,18-19,21,23-32H2,1-2H3,(H,49,50)/b12-10+,13-11+,17-16+,22-20+/t33-,36?,37-,38?,39?,40?,41?/m1/s1. The van der Waals surface area contributed by atoms with Crippen LogP contribution in [0.15, 0.2) is 48.6 Å². The highest BCUT2D eigenvalue weighted by Crippen LogP contribution is 2.47. The molecule has 1 fully saturated rings. The van der Waals surface area contributed by atoms with Crippen LogP contribution in [0.5, 0.6) is 0 Å². The third kappa shape index (κ3) is 24.9. The van der Waals surface area contributed by atoms with Gasteiger partial charge in [0.1, 0.15) is 43.2 Å². The maximum atomic E-state index is 12.8. The van der Waals surface area contributed by atoms with Gasteiger partial charge in [-0.25, -0.2) is 4.57 Å². The van der Waals surface area contributed by atoms with Gasteiger partial charge in [-0.05, 0) is 70.6 Å². The SMILES string of the molecule is CCCC/C=C/CCCCCCCC(=O)OC[C@H](COP(=O)(O)OC1C(O)C(O)C(O)[C@@H](O)C1O)OC(=O)CCCC/C=C/C/C=C/C/C=C/CCCCC. The predicted molar refractivity (Wildman–Crippen MR) is 212 cm³/mol. The van der Waals surface area contributed by atoms with Crippen LogP contribution in [0.4, 0.5) is 0 Å². The van der Waals surface area contributed by atoms with E-state index in [1.165, 1.54) is 32.1 Å². The van der Waals surface area contributed by atoms with E-state index in [-0.39, 0.29) is 12.8 Å². The molecule has 6 N–H and O–H groups in total. The number of aliphatic hydroxyl groups excluding tert-OH is 5. The Labute approximate surface area is 329 Å². The summed E-state index contributed by atoms with van der Waals surface area (Å²) in [4.78, 5) is 35.5. The van der Waals surface area contributed by atoms with Crippen molar-refractivity contribution >= 4 is 19.8 Å². The first-order valence-corrected chi connectivity index (χ1v) is 21.9. The van der Waals surface area contributed by atoms with Crippen molar-refractivity contribution < 1.29 is 63.1 Å². The molecule has 0 spiro atoms. The van der Waals surface area contributed by atoms with Crippen molar-refractivity contribution in [2.24, 2.45) is 0 Å². The second-order valence-corrected chi connectivity index (χ2v) is 15.5. The van der Waals surface area contributed by atoms with E-state index in [4.69, 9.17) is 18.5 Å². The number of phosphoric ester groups is 1. The van der Waals surface area contributed by atoms with E-state index in [2.05, 4.69) is 62.5 Å². The van der Waals surface area contributed by atoms with Crippen LogP contribution in [0, 0.1) is 0 Å². The molecule has 0 saturated heterocycles. The first-order valence-electron chi connectivity index (χ1n) is 20.4. The first kappa shape index (κ1) is 50.8. The van der Waals surface area contributed by atoms with Crippen molar-refractivity contribution in [3.8, 4) is 0 Å². The van der Waals surface area contributed by atoms with E-state index in [1.807, 2.05) is 0 Å². The Balaban J connectivity index is 2.57. The molecule has 0 aromatic heterocycles. The molecule has 1 rings (SSSR count). The number of esters is 2. The molecular formula is C41H71O13P. The summed E-state index contributed by atoms with van der Waals surface area (Å²) < 4.78 is 33.3. The van der Waals surface area contributed by atoms with Crippen molar-refractivity contribution in [1.82, 2.24) is 0 Å². The van der Waals surface area contributed by atoms with Gasteiger partial charge in [-0.15, -0.1) is 0 Å². The van der Waals surface area contributed by atoms with Gasteiger partial charge in [-0.1, -0.05) is 107 Å². The molecule has 0 aromatic rings. The normalized spacial score (nSPS) is 23.6. The van der Waals surface area contributed by atoms with E-state index in [0.29, 0.717) is 12.8 Å². The van der Waals surface area contributed by atoms with E-state index in [1.54, 1.807) is 0 Å². The molecule has 1 aliphatic carbocycles. The summed E-state index contributed by atoms with van der Waals surface area (Å²) in [6, 6.07) is 0. The predicted octanol–water partition coefficient (Wildman–Crippen LogP) is 6.83. The lowest BCUT2D eigenvalue weighted by Gasteiger charge is -2.41. The number of rotatable bonds is 32. The zero-order valence-electron chi connectivity index (χ0n) is 33.2. The molecule has 0 heterocycles. The Morgan fingerprint density at radius 3 is 1.60 bits per heavy atom. The van der Waals surface area contributed by atoms with Crippen LogP contribution in [0.3, 0.4) is 0 Å². The minimum absolute atomic E-state index is 0.0448. The lowest BCUT2D eigenvalue weighted by molar-refractivity contribution is -0.220. The fourth-order valence-electron chi connectivity index (χ4n) is 5.74. The molecule has 0 radical (unpaired) electrons. The summed E-state index contributed by atoms with van der Waals surface area (Å²) in [6.45, 7) is 3.15. The van der Waals surface area contributed by atoms with E-state index < -0.39 is 75.7 Å². The molecule has 0 aliphatic heterocycles. The van der Waals surface area contributed by atoms with Crippen LogP contribution in [0.2, 0.25) is 0 Å². The second-order valence-electron chi connectivity index (χ2n) is 14.1. The summed E-state index contributed by atoms with van der Waals surface area (Å²) in [7, 11) is -5.12. The number of carbonyl (C=O) groups is 2. The zero-order valence-corrected chi connectivity index (χ0v) is 34.1. The summed E-state index contributed by atoms with van der Waals surface area (Å²) in [5.41, 5.74) is 0. The fourth-order valence-corrected chi connectivity index (χ4v) is 6.72. The van der Waals surface area contributed by atoms with Gasteiger partial charge in [0.05, 0.1) is 6.61 Å². The maximum Gasteiger partial charge on any atom is 0.472 e. The smallest absolute Gasteiger partial charge is 0.462 e. The maximum absolute atomic E-state index is 12.8. The van der Waals surface area contributed by atoms with Gasteiger partial charge >= 0.3 is 19.8 Å². The Morgan fingerprint density at radius 1 is 0.564 bits per heavy atom. The largest absolute Gasteiger partial charge is 0.472 e. The first-order chi connectivity index (χ1) is 26.4. The number of unbranched alkanes of at least 4 members (excludes halogenated alkanes) is 12. The average molecular weight is 803 g/mol. The molecule has 6 unspecified atom stereocenters. The van der Waals surface area contributed by atoms with Crippen LogP contribution >= 0.6 is 7.82 Å². The van der Waals surface area contributed by atoms with Gasteiger partial charge in [-0.3, -0.25) is 18.6 Å². The lowest BCUT2D eigenvalue weighted by Crippen LogP contribution is -2.64. The minimum atomic E-state index is -5.12. The molecule has 0 aromatic carbocycles. The van der Waals surface area contributed by atoms with Gasteiger partial charge < -0.3 is 39.9 Å². The number of hydrogen-bond donors (Lipinski definition) is 6. The van der Waals surface area contributed by atoms with Gasteiger partial charge in [0.25, 0.3) is 0 Å². The highest BCUT2D eigenvalue weighted by Gasteiger charge is 2.51. The van der Waals surface area contributed by atoms with Crippen molar-refractivity contribution in [3.05, 3.63) is 48.6 Å². The number of phosphoric acid groups is 1. The summed E-state index contributed by atoms with van der Waals surface area (Å²) >= 11 is 0. The lowest BCUT2D eigenvalue weighted by atomic mass is 9.85. The van der Waals surface area contributed by atoms with Gasteiger partial charge in [0.15, 0.2) is 6.10 Å². The third-order valence-electron chi connectivity index (χ3n) is 9.14. The Bertz CT molecular complexity index is 1160. The molecule has 1 saturated carbocycles. The summed E-state index contributed by atoms with van der Waals surface area (Å²) in [6.07, 6.45) is 21.9. The number of hydrogen-bond acceptors (Lipinski definition) is 12. The molecule has 0 bridgehead atoms. The van der Waals surface area contributed by atoms with E-state index in [9.17, 15) is 44.6 Å². The monoisotopic (exact) mass is 802 g/mol. The van der Waals surface area contributed by atoms with Crippen molar-refractivity contribution in [3.63, 3.8) is 0 Å². The van der Waals surface area contributed by atoms with Crippen LogP contribution in [-0.2, 0) is 32.7 Å². The van der Waals surface area contributed by atoms with Gasteiger partial charge in [0.2, 0.25) is 0 Å². The Hall–Kier alpha value is -2.19. The number of aliphatic hydroxyl groups is 5. The fraction of sp³-hybridized carbons (Fsp3) is 0.756. The average Bonchev–Trinajstić information content (AvgIpc) is 3.16. The molecular weight excluding hydrogens is 731 g/mol. The second kappa shape index (κ2) is 31.8. The molecule has 1 aliphatic rings. The Morgan fingerprint density at radius 2 is 1.00 bits per heavy atom. The van der Waals surface area contributed by atoms with Gasteiger partial charge in [0, 0.05) is 12.8 Å².